The summed E-state index contributed by atoms with van der Waals surface area (Å²) in [5.74, 6) is 3.86. The van der Waals surface area contributed by atoms with E-state index in [1.165, 1.54) is 10.8 Å². The second-order valence-electron chi connectivity index (χ2n) is 9.73. The van der Waals surface area contributed by atoms with Crippen LogP contribution in [0.15, 0.2) is 134 Å². The van der Waals surface area contributed by atoms with Crippen molar-refractivity contribution in [1.82, 2.24) is 14.1 Å². The Labute approximate surface area is 252 Å². The fourth-order valence-electron chi connectivity index (χ4n) is 5.66. The molecular weight excluding hydrogens is 684 g/mol. The molecule has 0 spiro atoms. The summed E-state index contributed by atoms with van der Waals surface area (Å²) in [5, 5.41) is 2.36. The number of fused-ring (bicyclic) bond motifs is 4. The van der Waals surface area contributed by atoms with Gasteiger partial charge in [-0.1, -0.05) is 65.8 Å². The molecule has 41 heavy (non-hydrogen) atoms. The first-order chi connectivity index (χ1) is 19.9. The molecule has 0 saturated carbocycles. The number of imidazole rings is 1. The van der Waals surface area contributed by atoms with Gasteiger partial charge in [-0.2, -0.15) is 54.6 Å². The number of benzene rings is 4. The van der Waals surface area contributed by atoms with Gasteiger partial charge >= 0.3 is 6.98 Å². The van der Waals surface area contributed by atoms with E-state index >= 15 is 0 Å². The average molecular weight is 706 g/mol. The Morgan fingerprint density at radius 3 is 2.37 bits per heavy atom. The van der Waals surface area contributed by atoms with Gasteiger partial charge in [-0.25, -0.2) is 4.98 Å². The first kappa shape index (κ1) is 25.3. The molecule has 0 unspecified atom stereocenters. The Balaban J connectivity index is 0.00000276. The molecule has 0 radical (unpaired) electrons. The summed E-state index contributed by atoms with van der Waals surface area (Å²) < 4.78 is 6.43. The van der Waals surface area contributed by atoms with Crippen LogP contribution in [0.3, 0.4) is 0 Å². The number of pyridine rings is 1. The van der Waals surface area contributed by atoms with Crippen molar-refractivity contribution < 1.29 is 25.5 Å². The standard InChI is InChI=1S/C34H22BN5.Pt/c1-2-13-26(14-3-1)37-25-39(32-20-9-8-19-31(32)37)35-23-10-11-24-38(35)33-21-12-22-34(36-33)40-29-17-6-4-15-27(29)28-16-5-7-18-30(28)40;/h1-13,15-17,19-24H;/q-2;. The molecule has 1 aliphatic heterocycles. The van der Waals surface area contributed by atoms with Crippen molar-refractivity contribution in [2.75, 3.05) is 4.81 Å². The van der Waals surface area contributed by atoms with Gasteiger partial charge in [0, 0.05) is 32.1 Å². The van der Waals surface area contributed by atoms with Crippen molar-refractivity contribution in [3.05, 3.63) is 152 Å². The molecule has 0 atom stereocenters. The average Bonchev–Trinajstić information content (AvgIpc) is 3.58. The summed E-state index contributed by atoms with van der Waals surface area (Å²) >= 11 is 0. The number of anilines is 1. The van der Waals surface area contributed by atoms with Crippen molar-refractivity contribution in [2.24, 2.45) is 0 Å². The summed E-state index contributed by atoms with van der Waals surface area (Å²) in [6.45, 7) is -0.160. The summed E-state index contributed by atoms with van der Waals surface area (Å²) in [7, 11) is 0. The third-order valence-corrected chi connectivity index (χ3v) is 7.42. The zero-order valence-electron chi connectivity index (χ0n) is 21.8. The van der Waals surface area contributed by atoms with Gasteiger partial charge < -0.3 is 18.4 Å². The quantitative estimate of drug-likeness (QED) is 0.160. The van der Waals surface area contributed by atoms with Crippen molar-refractivity contribution >= 4 is 45.6 Å². The maximum Gasteiger partial charge on any atom is 0.516 e. The second-order valence-corrected chi connectivity index (χ2v) is 9.73. The van der Waals surface area contributed by atoms with Crippen LogP contribution in [0.25, 0.3) is 44.3 Å². The number of hydrogen-bond acceptors (Lipinski definition) is 2. The molecule has 1 aliphatic rings. The van der Waals surface area contributed by atoms with Gasteiger partial charge in [0.2, 0.25) is 6.33 Å². The first-order valence-corrected chi connectivity index (χ1v) is 13.3. The zero-order chi connectivity index (χ0) is 26.5. The van der Waals surface area contributed by atoms with E-state index in [1.807, 2.05) is 36.4 Å². The molecule has 4 aromatic carbocycles. The molecule has 7 aromatic rings. The maximum absolute atomic E-state index is 5.20. The maximum atomic E-state index is 5.20. The zero-order valence-corrected chi connectivity index (χ0v) is 24.1. The summed E-state index contributed by atoms with van der Waals surface area (Å²) in [6.07, 6.45) is 9.81. The first-order valence-electron chi connectivity index (χ1n) is 13.3. The molecule has 8 rings (SSSR count). The van der Waals surface area contributed by atoms with Crippen LogP contribution in [0.2, 0.25) is 0 Å². The number of nitrogens with zero attached hydrogens (tertiary/aromatic N) is 5. The molecule has 3 aromatic heterocycles. The van der Waals surface area contributed by atoms with E-state index in [9.17, 15) is 0 Å². The molecule has 4 heterocycles. The Bertz CT molecular complexity index is 2040. The number of aromatic nitrogens is 4. The van der Waals surface area contributed by atoms with E-state index in [4.69, 9.17) is 4.98 Å². The molecule has 0 N–H and O–H groups in total. The Morgan fingerprint density at radius 2 is 1.46 bits per heavy atom. The Morgan fingerprint density at radius 1 is 0.683 bits per heavy atom. The fourth-order valence-corrected chi connectivity index (χ4v) is 5.66. The normalized spacial score (nSPS) is 12.9. The summed E-state index contributed by atoms with van der Waals surface area (Å²) in [4.78, 5) is 7.39. The number of para-hydroxylation sites is 5. The van der Waals surface area contributed by atoms with Crippen molar-refractivity contribution in [2.45, 2.75) is 0 Å². The van der Waals surface area contributed by atoms with Crippen molar-refractivity contribution in [3.8, 4) is 11.5 Å². The van der Waals surface area contributed by atoms with Crippen LogP contribution in [-0.4, -0.2) is 21.1 Å². The monoisotopic (exact) mass is 706 g/mol. The summed E-state index contributed by atoms with van der Waals surface area (Å²) in [6, 6.07) is 43.9. The molecule has 198 valence electrons. The predicted molar refractivity (Wildman–Crippen MR) is 160 cm³/mol. The van der Waals surface area contributed by atoms with Crippen LogP contribution in [0.5, 0.6) is 0 Å². The molecule has 0 amide bonds. The Hall–Kier alpha value is -4.67. The van der Waals surface area contributed by atoms with Crippen LogP contribution < -0.4 is 9.29 Å². The van der Waals surface area contributed by atoms with E-state index in [1.54, 1.807) is 0 Å². The largest absolute Gasteiger partial charge is 0.516 e. The topological polar surface area (TPSA) is 29.9 Å². The van der Waals surface area contributed by atoms with E-state index in [-0.39, 0.29) is 28.0 Å². The van der Waals surface area contributed by atoms with E-state index in [0.29, 0.717) is 0 Å². The van der Waals surface area contributed by atoms with Crippen molar-refractivity contribution in [3.63, 3.8) is 0 Å². The molecule has 0 bridgehead atoms. The summed E-state index contributed by atoms with van der Waals surface area (Å²) in [5.41, 5.74) is 5.21. The van der Waals surface area contributed by atoms with Crippen LogP contribution in [0.1, 0.15) is 0 Å². The molecular formula is C34H22BN5Pt-2. The SMILES string of the molecule is [Pt].[c-]1ccccc1-n1[c-][n+](B2C=CC=CN2c2cccc(-n3c4[c-]cccc4c4ccccc43)n2)c2ccccc21. The molecule has 0 fully saturated rings. The number of hydrogen-bond donors (Lipinski definition) is 0. The van der Waals surface area contributed by atoms with Gasteiger partial charge in [0.05, 0.1) is 5.52 Å². The van der Waals surface area contributed by atoms with E-state index in [2.05, 4.69) is 134 Å². The molecule has 5 nitrogen and oxygen atoms in total. The third-order valence-electron chi connectivity index (χ3n) is 7.42. The smallest absolute Gasteiger partial charge is 0.355 e. The van der Waals surface area contributed by atoms with Crippen LogP contribution in [-0.2, 0) is 21.1 Å². The second kappa shape index (κ2) is 10.4. The van der Waals surface area contributed by atoms with Gasteiger partial charge in [0.1, 0.15) is 11.6 Å². The minimum absolute atomic E-state index is 0. The predicted octanol–water partition coefficient (Wildman–Crippen LogP) is 6.27. The van der Waals surface area contributed by atoms with E-state index < -0.39 is 0 Å². The van der Waals surface area contributed by atoms with Gasteiger partial charge in [0.25, 0.3) is 0 Å². The van der Waals surface area contributed by atoms with Gasteiger partial charge in [-0.3, -0.25) is 0 Å². The van der Waals surface area contributed by atoms with Gasteiger partial charge in [-0.15, -0.1) is 5.39 Å². The minimum Gasteiger partial charge on any atom is -0.355 e. The third kappa shape index (κ3) is 4.14. The molecule has 7 heteroatoms. The number of rotatable bonds is 4. The minimum atomic E-state index is -0.160. The fraction of sp³-hybridized carbons (Fsp3) is 0. The van der Waals surface area contributed by atoms with Gasteiger partial charge in [0.15, 0.2) is 0 Å². The van der Waals surface area contributed by atoms with Gasteiger partial charge in [-0.05, 0) is 41.8 Å². The number of allylic oxidation sites excluding steroid dienone is 2. The van der Waals surface area contributed by atoms with Crippen LogP contribution in [0, 0.1) is 18.5 Å². The molecule has 0 saturated heterocycles. The van der Waals surface area contributed by atoms with Crippen LogP contribution >= 0.6 is 0 Å². The van der Waals surface area contributed by atoms with Crippen LogP contribution in [0.4, 0.5) is 5.82 Å². The molecule has 0 aliphatic carbocycles. The Kier molecular flexibility index (Phi) is 6.41. The van der Waals surface area contributed by atoms with E-state index in [0.717, 1.165) is 39.4 Å². The van der Waals surface area contributed by atoms with Crippen molar-refractivity contribution in [1.29, 1.82) is 0 Å².